The molecule has 1 fully saturated rings. The van der Waals surface area contributed by atoms with Gasteiger partial charge in [-0.3, -0.25) is 4.79 Å². The van der Waals surface area contributed by atoms with Gasteiger partial charge in [0.05, 0.1) is 18.8 Å². The first-order valence-electron chi connectivity index (χ1n) is 9.04. The molecule has 0 radical (unpaired) electrons. The fourth-order valence-electron chi connectivity index (χ4n) is 2.66. The highest BCUT2D eigenvalue weighted by atomic mass is 35.5. The van der Waals surface area contributed by atoms with Crippen molar-refractivity contribution < 1.29 is 4.79 Å². The van der Waals surface area contributed by atoms with Crippen molar-refractivity contribution in [2.24, 2.45) is 5.92 Å². The predicted octanol–water partition coefficient (Wildman–Crippen LogP) is 3.59. The molecule has 0 unspecified atom stereocenters. The van der Waals surface area contributed by atoms with Gasteiger partial charge in [-0.15, -0.1) is 12.4 Å². The van der Waals surface area contributed by atoms with Gasteiger partial charge in [0.25, 0.3) is 0 Å². The summed E-state index contributed by atoms with van der Waals surface area (Å²) in [6.45, 7) is 8.31. The number of carbonyl (C=O) groups is 1. The van der Waals surface area contributed by atoms with Crippen molar-refractivity contribution in [1.29, 1.82) is 0 Å². The van der Waals surface area contributed by atoms with E-state index in [0.29, 0.717) is 13.1 Å². The molecule has 1 saturated carbocycles. The Bertz CT molecular complexity index is 717. The van der Waals surface area contributed by atoms with Crippen LogP contribution in [0, 0.1) is 5.92 Å². The van der Waals surface area contributed by atoms with Crippen LogP contribution in [0.3, 0.4) is 0 Å². The van der Waals surface area contributed by atoms with Gasteiger partial charge in [-0.25, -0.2) is 4.68 Å². The lowest BCUT2D eigenvalue weighted by molar-refractivity contribution is -0.115. The molecule has 26 heavy (non-hydrogen) atoms. The summed E-state index contributed by atoms with van der Waals surface area (Å²) in [6, 6.07) is 12.2. The first kappa shape index (κ1) is 20.5. The molecule has 3 rings (SSSR count). The van der Waals surface area contributed by atoms with E-state index in [0.717, 1.165) is 29.5 Å². The second-order valence-corrected chi connectivity index (χ2v) is 7.93. The van der Waals surface area contributed by atoms with Gasteiger partial charge in [-0.1, -0.05) is 51.1 Å². The van der Waals surface area contributed by atoms with Crippen LogP contribution in [0.4, 0.5) is 5.82 Å². The number of hydrogen-bond donors (Lipinski definition) is 2. The van der Waals surface area contributed by atoms with Gasteiger partial charge in [-0.2, -0.15) is 5.10 Å². The van der Waals surface area contributed by atoms with E-state index in [2.05, 4.69) is 43.5 Å². The lowest BCUT2D eigenvalue weighted by Gasteiger charge is -2.14. The summed E-state index contributed by atoms with van der Waals surface area (Å²) in [5.74, 6) is 1.51. The van der Waals surface area contributed by atoms with Crippen LogP contribution in [0.5, 0.6) is 0 Å². The molecule has 142 valence electrons. The number of rotatable bonds is 7. The van der Waals surface area contributed by atoms with E-state index in [4.69, 9.17) is 5.10 Å². The quantitative estimate of drug-likeness (QED) is 0.776. The van der Waals surface area contributed by atoms with Gasteiger partial charge in [0.2, 0.25) is 5.91 Å². The fourth-order valence-corrected chi connectivity index (χ4v) is 2.66. The smallest absolute Gasteiger partial charge is 0.239 e. The Morgan fingerprint density at radius 2 is 1.92 bits per heavy atom. The molecular formula is C20H29ClN4O. The van der Waals surface area contributed by atoms with Gasteiger partial charge in [0.15, 0.2) is 0 Å². The van der Waals surface area contributed by atoms with Gasteiger partial charge >= 0.3 is 0 Å². The maximum atomic E-state index is 12.3. The van der Waals surface area contributed by atoms with Crippen LogP contribution in [0.1, 0.15) is 44.9 Å². The number of nitrogens with zero attached hydrogens (tertiary/aromatic N) is 2. The minimum atomic E-state index is -0.0639. The molecule has 1 heterocycles. The van der Waals surface area contributed by atoms with Crippen molar-refractivity contribution in [3.05, 3.63) is 47.7 Å². The van der Waals surface area contributed by atoms with Crippen molar-refractivity contribution >= 4 is 24.1 Å². The third-order valence-electron chi connectivity index (χ3n) is 4.41. The van der Waals surface area contributed by atoms with Gasteiger partial charge in [-0.05, 0) is 30.9 Å². The summed E-state index contributed by atoms with van der Waals surface area (Å²) in [5.41, 5.74) is 2.07. The van der Waals surface area contributed by atoms with Crippen LogP contribution in [0.25, 0.3) is 0 Å². The second kappa shape index (κ2) is 8.69. The Morgan fingerprint density at radius 1 is 1.23 bits per heavy atom. The lowest BCUT2D eigenvalue weighted by Crippen LogP contribution is -2.30. The number of anilines is 1. The third kappa shape index (κ3) is 5.85. The number of benzene rings is 1. The van der Waals surface area contributed by atoms with Crippen LogP contribution in [0.2, 0.25) is 0 Å². The van der Waals surface area contributed by atoms with Crippen LogP contribution < -0.4 is 10.6 Å². The number of amides is 1. The van der Waals surface area contributed by atoms with E-state index >= 15 is 0 Å². The van der Waals surface area contributed by atoms with Crippen molar-refractivity contribution in [1.82, 2.24) is 15.1 Å². The average Bonchev–Trinajstić information content (AvgIpc) is 3.29. The minimum Gasteiger partial charge on any atom is -0.310 e. The zero-order valence-corrected chi connectivity index (χ0v) is 16.6. The molecule has 0 aliphatic heterocycles. The van der Waals surface area contributed by atoms with E-state index in [9.17, 15) is 4.79 Å². The van der Waals surface area contributed by atoms with E-state index in [-0.39, 0.29) is 23.7 Å². The monoisotopic (exact) mass is 376 g/mol. The molecule has 0 bridgehead atoms. The lowest BCUT2D eigenvalue weighted by atomic mass is 9.92. The van der Waals surface area contributed by atoms with E-state index < -0.39 is 0 Å². The maximum absolute atomic E-state index is 12.3. The zero-order chi connectivity index (χ0) is 17.9. The van der Waals surface area contributed by atoms with Gasteiger partial charge < -0.3 is 10.6 Å². The number of aromatic nitrogens is 2. The SMILES string of the molecule is CC(C)(C)c1cc(NC(=O)CNCC2CC2)n(Cc2ccccc2)n1.Cl. The van der Waals surface area contributed by atoms with Crippen molar-refractivity contribution in [3.63, 3.8) is 0 Å². The van der Waals surface area contributed by atoms with Crippen molar-refractivity contribution in [2.75, 3.05) is 18.4 Å². The number of halogens is 1. The minimum absolute atomic E-state index is 0. The first-order valence-corrected chi connectivity index (χ1v) is 9.04. The molecule has 1 aliphatic carbocycles. The Hall–Kier alpha value is -1.85. The summed E-state index contributed by atoms with van der Waals surface area (Å²) < 4.78 is 1.88. The Labute approximate surface area is 162 Å². The molecule has 6 heteroatoms. The average molecular weight is 377 g/mol. The Kier molecular flexibility index (Phi) is 6.84. The summed E-state index contributed by atoms with van der Waals surface area (Å²) in [5, 5.41) is 11.0. The second-order valence-electron chi connectivity index (χ2n) is 7.93. The number of nitrogens with one attached hydrogen (secondary N) is 2. The van der Waals surface area contributed by atoms with Crippen LogP contribution in [-0.4, -0.2) is 28.8 Å². The summed E-state index contributed by atoms with van der Waals surface area (Å²) in [4.78, 5) is 12.3. The highest BCUT2D eigenvalue weighted by Crippen LogP contribution is 2.27. The normalized spacial score (nSPS) is 14.0. The first-order chi connectivity index (χ1) is 11.9. The molecule has 0 spiro atoms. The Morgan fingerprint density at radius 3 is 2.54 bits per heavy atom. The molecule has 1 amide bonds. The number of hydrogen-bond acceptors (Lipinski definition) is 3. The number of carbonyl (C=O) groups excluding carboxylic acids is 1. The summed E-state index contributed by atoms with van der Waals surface area (Å²) in [6.07, 6.45) is 2.57. The molecule has 2 N–H and O–H groups in total. The van der Waals surface area contributed by atoms with E-state index in [1.165, 1.54) is 12.8 Å². The standard InChI is InChI=1S/C20H28N4O.ClH/c1-20(2,3)17-11-18(22-19(25)13-21-12-15-9-10-15)24(23-17)14-16-7-5-4-6-8-16;/h4-8,11,15,21H,9-10,12-14H2,1-3H3,(H,22,25);1H. The highest BCUT2D eigenvalue weighted by molar-refractivity contribution is 5.91. The Balaban J connectivity index is 0.00000243. The fraction of sp³-hybridized carbons (Fsp3) is 0.500. The van der Waals surface area contributed by atoms with Crippen LogP contribution in [0.15, 0.2) is 36.4 Å². The molecular weight excluding hydrogens is 348 g/mol. The predicted molar refractivity (Wildman–Crippen MR) is 108 cm³/mol. The largest absolute Gasteiger partial charge is 0.310 e. The summed E-state index contributed by atoms with van der Waals surface area (Å²) in [7, 11) is 0. The molecule has 2 aromatic rings. The van der Waals surface area contributed by atoms with Crippen LogP contribution in [-0.2, 0) is 16.8 Å². The molecule has 0 atom stereocenters. The van der Waals surface area contributed by atoms with Gasteiger partial charge in [0, 0.05) is 11.5 Å². The topological polar surface area (TPSA) is 59.0 Å². The molecule has 1 aliphatic rings. The molecule has 1 aromatic heterocycles. The van der Waals surface area contributed by atoms with Crippen LogP contribution >= 0.6 is 12.4 Å². The van der Waals surface area contributed by atoms with Gasteiger partial charge in [0.1, 0.15) is 5.82 Å². The van der Waals surface area contributed by atoms with Crippen molar-refractivity contribution in [3.8, 4) is 0 Å². The van der Waals surface area contributed by atoms with Crippen molar-refractivity contribution in [2.45, 2.75) is 45.6 Å². The summed E-state index contributed by atoms with van der Waals surface area (Å²) >= 11 is 0. The van der Waals surface area contributed by atoms with E-state index in [1.54, 1.807) is 0 Å². The molecule has 0 saturated heterocycles. The molecule has 5 nitrogen and oxygen atoms in total. The highest BCUT2D eigenvalue weighted by Gasteiger charge is 2.22. The van der Waals surface area contributed by atoms with E-state index in [1.807, 2.05) is 28.9 Å². The maximum Gasteiger partial charge on any atom is 0.239 e. The zero-order valence-electron chi connectivity index (χ0n) is 15.8. The molecule has 1 aromatic carbocycles. The third-order valence-corrected chi connectivity index (χ3v) is 4.41.